The maximum atomic E-state index is 4.39. The SMILES string of the molecule is Brc1nc(N=Nc2ccccc2)n(Cc2ccccc2)c1Br. The Morgan fingerprint density at radius 1 is 0.864 bits per heavy atom. The summed E-state index contributed by atoms with van der Waals surface area (Å²) < 4.78 is 3.52. The van der Waals surface area contributed by atoms with Crippen molar-refractivity contribution in [3.05, 3.63) is 75.4 Å². The number of nitrogens with zero attached hydrogens (tertiary/aromatic N) is 4. The van der Waals surface area contributed by atoms with Crippen molar-refractivity contribution >= 4 is 43.5 Å². The van der Waals surface area contributed by atoms with Crippen molar-refractivity contribution in [2.24, 2.45) is 10.2 Å². The van der Waals surface area contributed by atoms with E-state index in [2.05, 4.69) is 59.2 Å². The Morgan fingerprint density at radius 3 is 2.18 bits per heavy atom. The van der Waals surface area contributed by atoms with Gasteiger partial charge in [-0.2, -0.15) is 0 Å². The van der Waals surface area contributed by atoms with Crippen molar-refractivity contribution in [1.29, 1.82) is 0 Å². The monoisotopic (exact) mass is 418 g/mol. The summed E-state index contributed by atoms with van der Waals surface area (Å²) in [7, 11) is 0. The van der Waals surface area contributed by atoms with Crippen molar-refractivity contribution in [2.45, 2.75) is 6.54 Å². The van der Waals surface area contributed by atoms with E-state index in [1.807, 2.05) is 53.1 Å². The first-order valence-corrected chi connectivity index (χ1v) is 8.25. The van der Waals surface area contributed by atoms with Crippen LogP contribution in [-0.2, 0) is 6.54 Å². The molecule has 0 fully saturated rings. The highest BCUT2D eigenvalue weighted by molar-refractivity contribution is 9.13. The summed E-state index contributed by atoms with van der Waals surface area (Å²) in [6.07, 6.45) is 0. The van der Waals surface area contributed by atoms with Crippen LogP contribution in [0.4, 0.5) is 11.6 Å². The molecule has 1 aromatic heterocycles. The second-order valence-corrected chi connectivity index (χ2v) is 6.10. The van der Waals surface area contributed by atoms with Crippen molar-refractivity contribution in [3.63, 3.8) is 0 Å². The van der Waals surface area contributed by atoms with Crippen LogP contribution in [0.15, 0.2) is 80.1 Å². The highest BCUT2D eigenvalue weighted by Gasteiger charge is 2.13. The summed E-state index contributed by atoms with van der Waals surface area (Å²) in [5, 5.41) is 8.50. The maximum Gasteiger partial charge on any atom is 0.251 e. The van der Waals surface area contributed by atoms with Gasteiger partial charge in [-0.05, 0) is 49.6 Å². The molecule has 110 valence electrons. The van der Waals surface area contributed by atoms with Gasteiger partial charge >= 0.3 is 0 Å². The van der Waals surface area contributed by atoms with Gasteiger partial charge in [0.25, 0.3) is 5.95 Å². The third kappa shape index (κ3) is 3.51. The average molecular weight is 420 g/mol. The third-order valence-electron chi connectivity index (χ3n) is 3.04. The van der Waals surface area contributed by atoms with Gasteiger partial charge in [-0.25, -0.2) is 4.98 Å². The Kier molecular flexibility index (Phi) is 4.80. The molecule has 0 atom stereocenters. The molecule has 0 unspecified atom stereocenters. The normalized spacial score (nSPS) is 11.2. The van der Waals surface area contributed by atoms with E-state index in [0.717, 1.165) is 10.3 Å². The molecule has 3 rings (SSSR count). The van der Waals surface area contributed by atoms with Crippen molar-refractivity contribution in [1.82, 2.24) is 9.55 Å². The highest BCUT2D eigenvalue weighted by Crippen LogP contribution is 2.30. The summed E-state index contributed by atoms with van der Waals surface area (Å²) in [6.45, 7) is 0.670. The molecule has 3 aromatic rings. The van der Waals surface area contributed by atoms with E-state index < -0.39 is 0 Å². The van der Waals surface area contributed by atoms with Crippen LogP contribution in [0.3, 0.4) is 0 Å². The molecule has 22 heavy (non-hydrogen) atoms. The molecule has 4 nitrogen and oxygen atoms in total. The number of imidazole rings is 1. The lowest BCUT2D eigenvalue weighted by Gasteiger charge is -2.06. The van der Waals surface area contributed by atoms with Crippen molar-refractivity contribution in [2.75, 3.05) is 0 Å². The van der Waals surface area contributed by atoms with Gasteiger partial charge < -0.3 is 0 Å². The van der Waals surface area contributed by atoms with E-state index in [1.165, 1.54) is 5.56 Å². The number of halogens is 2. The molecule has 0 radical (unpaired) electrons. The fourth-order valence-corrected chi connectivity index (χ4v) is 2.72. The standard InChI is InChI=1S/C16H12Br2N4/c17-14-15(18)22(11-12-7-3-1-4-8-12)16(19-14)21-20-13-9-5-2-6-10-13/h1-10H,11H2. The van der Waals surface area contributed by atoms with Gasteiger partial charge in [-0.1, -0.05) is 48.5 Å². The molecule has 0 saturated heterocycles. The second kappa shape index (κ2) is 6.98. The van der Waals surface area contributed by atoms with Crippen LogP contribution in [0.25, 0.3) is 0 Å². The minimum atomic E-state index is 0.548. The van der Waals surface area contributed by atoms with E-state index in [1.54, 1.807) is 0 Å². The minimum Gasteiger partial charge on any atom is -0.296 e. The summed E-state index contributed by atoms with van der Waals surface area (Å²) in [5.74, 6) is 0.548. The molecule has 1 heterocycles. The van der Waals surface area contributed by atoms with E-state index >= 15 is 0 Å². The first kappa shape index (κ1) is 15.1. The zero-order chi connectivity index (χ0) is 15.4. The minimum absolute atomic E-state index is 0.548. The molecule has 0 saturated carbocycles. The second-order valence-electron chi connectivity index (χ2n) is 4.60. The molecule has 6 heteroatoms. The lowest BCUT2D eigenvalue weighted by atomic mass is 10.2. The van der Waals surface area contributed by atoms with Gasteiger partial charge in [0, 0.05) is 0 Å². The summed E-state index contributed by atoms with van der Waals surface area (Å²) in [6, 6.07) is 19.8. The van der Waals surface area contributed by atoms with Crippen LogP contribution in [0.1, 0.15) is 5.56 Å². The number of rotatable bonds is 4. The van der Waals surface area contributed by atoms with Gasteiger partial charge in [-0.15, -0.1) is 10.2 Å². The maximum absolute atomic E-state index is 4.39. The summed E-state index contributed by atoms with van der Waals surface area (Å²) in [4.78, 5) is 4.39. The fraction of sp³-hybridized carbons (Fsp3) is 0.0625. The topological polar surface area (TPSA) is 42.5 Å². The van der Waals surface area contributed by atoms with E-state index in [-0.39, 0.29) is 0 Å². The largest absolute Gasteiger partial charge is 0.296 e. The molecular formula is C16H12Br2N4. The van der Waals surface area contributed by atoms with Crippen molar-refractivity contribution < 1.29 is 0 Å². The van der Waals surface area contributed by atoms with Crippen LogP contribution in [0, 0.1) is 0 Å². The van der Waals surface area contributed by atoms with E-state index in [9.17, 15) is 0 Å². The van der Waals surface area contributed by atoms with Gasteiger partial charge in [0.2, 0.25) is 0 Å². The quantitative estimate of drug-likeness (QED) is 0.487. The van der Waals surface area contributed by atoms with Crippen LogP contribution in [0.5, 0.6) is 0 Å². The summed E-state index contributed by atoms with van der Waals surface area (Å²) >= 11 is 6.96. The molecule has 0 amide bonds. The van der Waals surface area contributed by atoms with Crippen LogP contribution in [0.2, 0.25) is 0 Å². The van der Waals surface area contributed by atoms with Crippen LogP contribution >= 0.6 is 31.9 Å². The first-order valence-electron chi connectivity index (χ1n) is 6.66. The number of aromatic nitrogens is 2. The zero-order valence-electron chi connectivity index (χ0n) is 11.5. The van der Waals surface area contributed by atoms with Crippen molar-refractivity contribution in [3.8, 4) is 0 Å². The molecule has 0 aliphatic carbocycles. The number of benzene rings is 2. The highest BCUT2D eigenvalue weighted by atomic mass is 79.9. The molecule has 0 N–H and O–H groups in total. The molecule has 2 aromatic carbocycles. The average Bonchev–Trinajstić information content (AvgIpc) is 2.83. The number of azo groups is 1. The Morgan fingerprint density at radius 2 is 1.50 bits per heavy atom. The lowest BCUT2D eigenvalue weighted by Crippen LogP contribution is -1.99. The van der Waals surface area contributed by atoms with Gasteiger partial charge in [0.15, 0.2) is 0 Å². The Hall–Kier alpha value is -1.79. The van der Waals surface area contributed by atoms with Gasteiger partial charge in [0.1, 0.15) is 9.21 Å². The van der Waals surface area contributed by atoms with Gasteiger partial charge in [0.05, 0.1) is 12.2 Å². The van der Waals surface area contributed by atoms with Crippen LogP contribution < -0.4 is 0 Å². The Balaban J connectivity index is 1.91. The molecule has 0 aliphatic rings. The Bertz CT molecular complexity index is 783. The molecule has 0 spiro atoms. The molecule has 0 aliphatic heterocycles. The Labute approximate surface area is 145 Å². The molecule has 0 bridgehead atoms. The van der Waals surface area contributed by atoms with E-state index in [4.69, 9.17) is 0 Å². The number of hydrogen-bond acceptors (Lipinski definition) is 3. The summed E-state index contributed by atoms with van der Waals surface area (Å²) in [5.41, 5.74) is 1.97. The third-order valence-corrected chi connectivity index (χ3v) is 4.93. The fourth-order valence-electron chi connectivity index (χ4n) is 1.97. The lowest BCUT2D eigenvalue weighted by molar-refractivity contribution is 0.775. The molecular weight excluding hydrogens is 408 g/mol. The predicted molar refractivity (Wildman–Crippen MR) is 93.8 cm³/mol. The predicted octanol–water partition coefficient (Wildman–Crippen LogP) is 5.87. The first-order chi connectivity index (χ1) is 10.7. The van der Waals surface area contributed by atoms with Crippen LogP contribution in [-0.4, -0.2) is 9.55 Å². The number of hydrogen-bond donors (Lipinski definition) is 0. The smallest absolute Gasteiger partial charge is 0.251 e. The van der Waals surface area contributed by atoms with E-state index in [0.29, 0.717) is 17.1 Å². The zero-order valence-corrected chi connectivity index (χ0v) is 14.7. The van der Waals surface area contributed by atoms with Gasteiger partial charge in [-0.3, -0.25) is 4.57 Å².